The molecule has 0 bridgehead atoms. The number of hydrogen-bond donors (Lipinski definition) is 1. The summed E-state index contributed by atoms with van der Waals surface area (Å²) in [6.07, 6.45) is 6.14. The lowest BCUT2D eigenvalue weighted by molar-refractivity contribution is 0.0686. The lowest BCUT2D eigenvalue weighted by atomic mass is 10.3. The van der Waals surface area contributed by atoms with Crippen molar-refractivity contribution in [3.63, 3.8) is 0 Å². The summed E-state index contributed by atoms with van der Waals surface area (Å²) >= 11 is 1.23. The summed E-state index contributed by atoms with van der Waals surface area (Å²) < 4.78 is 0. The third-order valence-electron chi connectivity index (χ3n) is 1.73. The lowest BCUT2D eigenvalue weighted by Gasteiger charge is -2.02. The van der Waals surface area contributed by atoms with Crippen molar-refractivity contribution in [1.82, 2.24) is 15.0 Å². The molecule has 0 unspecified atom stereocenters. The molecule has 0 radical (unpaired) electrons. The van der Waals surface area contributed by atoms with E-state index in [9.17, 15) is 4.79 Å². The molecular formula is C10H7N3O2S. The average Bonchev–Trinajstić information content (AvgIpc) is 2.31. The Morgan fingerprint density at radius 1 is 1.25 bits per heavy atom. The zero-order valence-electron chi connectivity index (χ0n) is 8.07. The first-order chi connectivity index (χ1) is 7.77. The van der Waals surface area contributed by atoms with E-state index in [1.165, 1.54) is 18.0 Å². The summed E-state index contributed by atoms with van der Waals surface area (Å²) in [6, 6.07) is 3.38. The van der Waals surface area contributed by atoms with Crippen LogP contribution in [0.3, 0.4) is 0 Å². The van der Waals surface area contributed by atoms with Gasteiger partial charge in [-0.15, -0.1) is 0 Å². The fourth-order valence-corrected chi connectivity index (χ4v) is 1.92. The quantitative estimate of drug-likeness (QED) is 0.869. The van der Waals surface area contributed by atoms with Crippen LogP contribution in [0.4, 0.5) is 0 Å². The summed E-state index contributed by atoms with van der Waals surface area (Å²) in [7, 11) is 0. The Kier molecular flexibility index (Phi) is 3.11. The van der Waals surface area contributed by atoms with Gasteiger partial charge in [0.2, 0.25) is 0 Å². The van der Waals surface area contributed by atoms with Gasteiger partial charge in [-0.25, -0.2) is 14.8 Å². The SMILES string of the molecule is O=C(O)c1ncccc1Sc1cnccn1. The third-order valence-corrected chi connectivity index (χ3v) is 2.70. The van der Waals surface area contributed by atoms with Gasteiger partial charge in [0.1, 0.15) is 5.03 Å². The highest BCUT2D eigenvalue weighted by Gasteiger charge is 2.12. The number of carboxylic acids is 1. The Labute approximate surface area is 95.6 Å². The fourth-order valence-electron chi connectivity index (χ4n) is 1.08. The molecule has 0 atom stereocenters. The van der Waals surface area contributed by atoms with E-state index in [0.29, 0.717) is 9.92 Å². The van der Waals surface area contributed by atoms with E-state index >= 15 is 0 Å². The van der Waals surface area contributed by atoms with E-state index in [-0.39, 0.29) is 5.69 Å². The second-order valence-electron chi connectivity index (χ2n) is 2.80. The van der Waals surface area contributed by atoms with Crippen molar-refractivity contribution in [2.45, 2.75) is 9.92 Å². The Morgan fingerprint density at radius 3 is 2.81 bits per heavy atom. The Balaban J connectivity index is 2.31. The van der Waals surface area contributed by atoms with Crippen LogP contribution in [0.1, 0.15) is 10.5 Å². The van der Waals surface area contributed by atoms with Crippen LogP contribution in [0.5, 0.6) is 0 Å². The minimum Gasteiger partial charge on any atom is -0.476 e. The number of pyridine rings is 1. The van der Waals surface area contributed by atoms with Gasteiger partial charge in [-0.3, -0.25) is 4.98 Å². The Morgan fingerprint density at radius 2 is 2.12 bits per heavy atom. The molecule has 0 amide bonds. The van der Waals surface area contributed by atoms with Crippen LogP contribution < -0.4 is 0 Å². The van der Waals surface area contributed by atoms with Crippen LogP contribution in [-0.2, 0) is 0 Å². The van der Waals surface area contributed by atoms with E-state index < -0.39 is 5.97 Å². The van der Waals surface area contributed by atoms with Crippen molar-refractivity contribution >= 4 is 17.7 Å². The average molecular weight is 233 g/mol. The number of aromatic carboxylic acids is 1. The second kappa shape index (κ2) is 4.71. The summed E-state index contributed by atoms with van der Waals surface area (Å²) in [6.45, 7) is 0. The van der Waals surface area contributed by atoms with Gasteiger partial charge in [-0.05, 0) is 12.1 Å². The van der Waals surface area contributed by atoms with Crippen molar-refractivity contribution in [1.29, 1.82) is 0 Å². The first-order valence-electron chi connectivity index (χ1n) is 4.39. The third kappa shape index (κ3) is 2.34. The maximum atomic E-state index is 10.9. The van der Waals surface area contributed by atoms with E-state index in [1.54, 1.807) is 30.7 Å². The zero-order valence-corrected chi connectivity index (χ0v) is 8.89. The van der Waals surface area contributed by atoms with Crippen LogP contribution in [0, 0.1) is 0 Å². The van der Waals surface area contributed by atoms with E-state index in [0.717, 1.165) is 0 Å². The highest BCUT2D eigenvalue weighted by atomic mass is 32.2. The Bertz CT molecular complexity index is 504. The molecule has 1 N–H and O–H groups in total. The molecule has 5 nitrogen and oxygen atoms in total. The molecule has 0 saturated carbocycles. The highest BCUT2D eigenvalue weighted by Crippen LogP contribution is 2.27. The Hall–Kier alpha value is -1.95. The van der Waals surface area contributed by atoms with Gasteiger partial charge in [-0.2, -0.15) is 0 Å². The molecule has 2 aromatic heterocycles. The largest absolute Gasteiger partial charge is 0.476 e. The van der Waals surface area contributed by atoms with Crippen molar-refractivity contribution < 1.29 is 9.90 Å². The molecular weight excluding hydrogens is 226 g/mol. The van der Waals surface area contributed by atoms with Crippen LogP contribution in [0.2, 0.25) is 0 Å². The van der Waals surface area contributed by atoms with Crippen molar-refractivity contribution in [3.8, 4) is 0 Å². The number of carbonyl (C=O) groups is 1. The van der Waals surface area contributed by atoms with Crippen LogP contribution in [0.15, 0.2) is 46.8 Å². The fraction of sp³-hybridized carbons (Fsp3) is 0. The maximum absolute atomic E-state index is 10.9. The summed E-state index contributed by atoms with van der Waals surface area (Å²) in [5.74, 6) is -1.05. The molecule has 6 heteroatoms. The minimum atomic E-state index is -1.05. The smallest absolute Gasteiger partial charge is 0.355 e. The maximum Gasteiger partial charge on any atom is 0.355 e. The number of hydrogen-bond acceptors (Lipinski definition) is 5. The first-order valence-corrected chi connectivity index (χ1v) is 5.21. The van der Waals surface area contributed by atoms with Gasteiger partial charge in [-0.1, -0.05) is 11.8 Å². The molecule has 0 fully saturated rings. The molecule has 2 aromatic rings. The summed E-state index contributed by atoms with van der Waals surface area (Å²) in [5, 5.41) is 9.57. The van der Waals surface area contributed by atoms with E-state index in [4.69, 9.17) is 5.11 Å². The van der Waals surface area contributed by atoms with Crippen molar-refractivity contribution in [3.05, 3.63) is 42.6 Å². The molecule has 0 aliphatic carbocycles. The van der Waals surface area contributed by atoms with Crippen molar-refractivity contribution in [2.75, 3.05) is 0 Å². The van der Waals surface area contributed by atoms with Gasteiger partial charge < -0.3 is 5.11 Å². The molecule has 0 aliphatic heterocycles. The summed E-state index contributed by atoms with van der Waals surface area (Å²) in [5.41, 5.74) is 0.0261. The molecule has 80 valence electrons. The minimum absolute atomic E-state index is 0.0261. The number of rotatable bonds is 3. The monoisotopic (exact) mass is 233 g/mol. The first kappa shape index (κ1) is 10.6. The van der Waals surface area contributed by atoms with Crippen LogP contribution in [0.25, 0.3) is 0 Å². The van der Waals surface area contributed by atoms with Gasteiger partial charge in [0.15, 0.2) is 5.69 Å². The molecule has 16 heavy (non-hydrogen) atoms. The van der Waals surface area contributed by atoms with Gasteiger partial charge in [0.05, 0.1) is 6.20 Å². The zero-order chi connectivity index (χ0) is 11.4. The predicted molar refractivity (Wildman–Crippen MR) is 57.4 cm³/mol. The van der Waals surface area contributed by atoms with Crippen LogP contribution >= 0.6 is 11.8 Å². The predicted octanol–water partition coefficient (Wildman–Crippen LogP) is 1.72. The molecule has 0 aliphatic rings. The lowest BCUT2D eigenvalue weighted by Crippen LogP contribution is -2.01. The van der Waals surface area contributed by atoms with Gasteiger partial charge in [0, 0.05) is 23.5 Å². The standard InChI is InChI=1S/C10H7N3O2S/c14-10(15)9-7(2-1-3-13-9)16-8-6-11-4-5-12-8/h1-6H,(H,14,15). The summed E-state index contributed by atoms with van der Waals surface area (Å²) in [4.78, 5) is 23.2. The van der Waals surface area contributed by atoms with E-state index in [1.807, 2.05) is 0 Å². The second-order valence-corrected chi connectivity index (χ2v) is 3.86. The molecule has 2 rings (SSSR count). The molecule has 2 heterocycles. The van der Waals surface area contributed by atoms with E-state index in [2.05, 4.69) is 15.0 Å². The van der Waals surface area contributed by atoms with Crippen LogP contribution in [-0.4, -0.2) is 26.0 Å². The molecule has 0 spiro atoms. The highest BCUT2D eigenvalue weighted by molar-refractivity contribution is 7.99. The number of aromatic nitrogens is 3. The number of carboxylic acid groups (broad SMARTS) is 1. The van der Waals surface area contributed by atoms with Gasteiger partial charge in [0.25, 0.3) is 0 Å². The van der Waals surface area contributed by atoms with Gasteiger partial charge >= 0.3 is 5.97 Å². The molecule has 0 aromatic carbocycles. The topological polar surface area (TPSA) is 76.0 Å². The van der Waals surface area contributed by atoms with Crippen molar-refractivity contribution in [2.24, 2.45) is 0 Å². The normalized spacial score (nSPS) is 10.0. The number of nitrogens with zero attached hydrogens (tertiary/aromatic N) is 3. The molecule has 0 saturated heterocycles.